The van der Waals surface area contributed by atoms with Crippen molar-refractivity contribution in [3.8, 4) is 5.75 Å². The zero-order chi connectivity index (χ0) is 15.2. The first-order valence-electron chi connectivity index (χ1n) is 7.85. The quantitative estimate of drug-likeness (QED) is 0.832. The molecule has 0 fully saturated rings. The van der Waals surface area contributed by atoms with Crippen LogP contribution in [0.2, 0.25) is 0 Å². The molecule has 0 aliphatic carbocycles. The minimum Gasteiger partial charge on any atom is -0.492 e. The number of ketones is 1. The Labute approximate surface area is 131 Å². The second-order valence-corrected chi connectivity index (χ2v) is 5.66. The van der Waals surface area contributed by atoms with Gasteiger partial charge in [0.2, 0.25) is 0 Å². The molecule has 2 aromatic rings. The number of hydrogen-bond donors (Lipinski definition) is 1. The van der Waals surface area contributed by atoms with Crippen LogP contribution in [0.3, 0.4) is 0 Å². The molecule has 1 aliphatic rings. The van der Waals surface area contributed by atoms with E-state index >= 15 is 0 Å². The highest BCUT2D eigenvalue weighted by Gasteiger charge is 2.27. The predicted octanol–water partition coefficient (Wildman–Crippen LogP) is 3.10. The molecule has 0 spiro atoms. The number of fused-ring (bicyclic) bond motifs is 1. The molecule has 0 saturated heterocycles. The third kappa shape index (κ3) is 3.55. The van der Waals surface area contributed by atoms with Gasteiger partial charge in [-0.25, -0.2) is 0 Å². The molecule has 0 bridgehead atoms. The van der Waals surface area contributed by atoms with Gasteiger partial charge in [0, 0.05) is 6.54 Å². The molecule has 0 amide bonds. The van der Waals surface area contributed by atoms with Crippen molar-refractivity contribution in [2.45, 2.75) is 12.8 Å². The lowest BCUT2D eigenvalue weighted by Gasteiger charge is -2.24. The maximum absolute atomic E-state index is 12.4. The number of rotatable bonds is 6. The van der Waals surface area contributed by atoms with Crippen LogP contribution in [-0.2, 0) is 6.42 Å². The smallest absolute Gasteiger partial charge is 0.174 e. The maximum Gasteiger partial charge on any atom is 0.174 e. The number of Topliss-reactive ketones (excluding diaryl/α,β-unsaturated/α-hetero) is 1. The Kier molecular flexibility index (Phi) is 4.86. The fraction of sp³-hybridized carbons (Fsp3) is 0.316. The minimum atomic E-state index is -0.0772. The predicted molar refractivity (Wildman–Crippen MR) is 87.4 cm³/mol. The van der Waals surface area contributed by atoms with Crippen molar-refractivity contribution in [2.75, 3.05) is 19.7 Å². The van der Waals surface area contributed by atoms with E-state index < -0.39 is 0 Å². The van der Waals surface area contributed by atoms with E-state index in [1.807, 2.05) is 30.3 Å². The van der Waals surface area contributed by atoms with Gasteiger partial charge in [0.1, 0.15) is 5.75 Å². The van der Waals surface area contributed by atoms with Crippen molar-refractivity contribution in [3.63, 3.8) is 0 Å². The lowest BCUT2D eigenvalue weighted by atomic mass is 9.95. The molecule has 1 unspecified atom stereocenters. The summed E-state index contributed by atoms with van der Waals surface area (Å²) in [5, 5.41) is 3.39. The van der Waals surface area contributed by atoms with Crippen LogP contribution in [0, 0.1) is 5.92 Å². The van der Waals surface area contributed by atoms with Crippen molar-refractivity contribution < 1.29 is 9.53 Å². The minimum absolute atomic E-state index is 0.0772. The zero-order valence-corrected chi connectivity index (χ0v) is 12.6. The van der Waals surface area contributed by atoms with Crippen LogP contribution < -0.4 is 10.1 Å². The molecule has 114 valence electrons. The average molecular weight is 295 g/mol. The van der Waals surface area contributed by atoms with Crippen molar-refractivity contribution in [1.29, 1.82) is 0 Å². The van der Waals surface area contributed by atoms with Crippen LogP contribution in [0.25, 0.3) is 0 Å². The Morgan fingerprint density at radius 1 is 1.05 bits per heavy atom. The number of para-hydroxylation sites is 1. The highest BCUT2D eigenvalue weighted by molar-refractivity contribution is 6.01. The van der Waals surface area contributed by atoms with Crippen LogP contribution in [-0.4, -0.2) is 25.5 Å². The van der Waals surface area contributed by atoms with Crippen molar-refractivity contribution in [2.24, 2.45) is 5.92 Å². The molecule has 0 aromatic heterocycles. The summed E-state index contributed by atoms with van der Waals surface area (Å²) in [4.78, 5) is 12.4. The number of carbonyl (C=O) groups is 1. The Bertz CT molecular complexity index is 624. The summed E-state index contributed by atoms with van der Waals surface area (Å²) < 4.78 is 5.67. The summed E-state index contributed by atoms with van der Waals surface area (Å²) in [5.41, 5.74) is 2.07. The first-order chi connectivity index (χ1) is 10.8. The SMILES string of the molecule is O=C1c2ccccc2OCC1CNCCCc1ccccc1. The number of ether oxygens (including phenoxy) is 1. The van der Waals surface area contributed by atoms with Gasteiger partial charge in [-0.15, -0.1) is 0 Å². The number of benzene rings is 2. The van der Waals surface area contributed by atoms with Gasteiger partial charge in [-0.2, -0.15) is 0 Å². The summed E-state index contributed by atoms with van der Waals surface area (Å²) in [6.45, 7) is 2.07. The number of nitrogens with one attached hydrogen (secondary N) is 1. The molecular formula is C19H21NO2. The molecule has 3 nitrogen and oxygen atoms in total. The van der Waals surface area contributed by atoms with Gasteiger partial charge in [0.05, 0.1) is 18.1 Å². The van der Waals surface area contributed by atoms with Gasteiger partial charge in [0.25, 0.3) is 0 Å². The van der Waals surface area contributed by atoms with E-state index in [9.17, 15) is 4.79 Å². The van der Waals surface area contributed by atoms with Gasteiger partial charge in [-0.05, 0) is 37.1 Å². The molecule has 1 heterocycles. The first-order valence-corrected chi connectivity index (χ1v) is 7.85. The van der Waals surface area contributed by atoms with Gasteiger partial charge < -0.3 is 10.1 Å². The highest BCUT2D eigenvalue weighted by atomic mass is 16.5. The molecule has 1 N–H and O–H groups in total. The normalized spacial score (nSPS) is 16.9. The second kappa shape index (κ2) is 7.23. The summed E-state index contributed by atoms with van der Waals surface area (Å²) >= 11 is 0. The van der Waals surface area contributed by atoms with E-state index in [0.29, 0.717) is 24.5 Å². The molecule has 3 rings (SSSR count). The number of aryl methyl sites for hydroxylation is 1. The summed E-state index contributed by atoms with van der Waals surface area (Å²) in [7, 11) is 0. The van der Waals surface area contributed by atoms with E-state index in [1.165, 1.54) is 5.56 Å². The second-order valence-electron chi connectivity index (χ2n) is 5.66. The van der Waals surface area contributed by atoms with E-state index in [2.05, 4.69) is 29.6 Å². The van der Waals surface area contributed by atoms with Crippen LogP contribution in [0.5, 0.6) is 5.75 Å². The Balaban J connectivity index is 1.42. The Hall–Kier alpha value is -2.13. The monoisotopic (exact) mass is 295 g/mol. The Morgan fingerprint density at radius 3 is 2.68 bits per heavy atom. The summed E-state index contributed by atoms with van der Waals surface area (Å²) in [6.07, 6.45) is 2.13. The average Bonchev–Trinajstić information content (AvgIpc) is 2.58. The molecular weight excluding hydrogens is 274 g/mol. The fourth-order valence-corrected chi connectivity index (χ4v) is 2.77. The first kappa shape index (κ1) is 14.8. The largest absolute Gasteiger partial charge is 0.492 e. The van der Waals surface area contributed by atoms with E-state index in [0.717, 1.165) is 19.4 Å². The van der Waals surface area contributed by atoms with E-state index in [4.69, 9.17) is 4.74 Å². The molecule has 3 heteroatoms. The van der Waals surface area contributed by atoms with Gasteiger partial charge in [-0.1, -0.05) is 42.5 Å². The third-order valence-corrected chi connectivity index (χ3v) is 4.02. The van der Waals surface area contributed by atoms with Crippen LogP contribution in [0.15, 0.2) is 54.6 Å². The molecule has 2 aromatic carbocycles. The van der Waals surface area contributed by atoms with E-state index in [-0.39, 0.29) is 11.7 Å². The molecule has 0 radical (unpaired) electrons. The van der Waals surface area contributed by atoms with Crippen LogP contribution in [0.1, 0.15) is 22.3 Å². The van der Waals surface area contributed by atoms with Crippen molar-refractivity contribution in [3.05, 3.63) is 65.7 Å². The summed E-state index contributed by atoms with van der Waals surface area (Å²) in [5.74, 6) is 0.830. The summed E-state index contributed by atoms with van der Waals surface area (Å²) in [6, 6.07) is 18.0. The molecule has 1 aliphatic heterocycles. The van der Waals surface area contributed by atoms with Gasteiger partial charge in [-0.3, -0.25) is 4.79 Å². The zero-order valence-electron chi connectivity index (χ0n) is 12.6. The van der Waals surface area contributed by atoms with Crippen LogP contribution >= 0.6 is 0 Å². The van der Waals surface area contributed by atoms with Crippen LogP contribution in [0.4, 0.5) is 0 Å². The lowest BCUT2D eigenvalue weighted by molar-refractivity contribution is 0.0830. The Morgan fingerprint density at radius 2 is 1.82 bits per heavy atom. The molecule has 0 saturated carbocycles. The highest BCUT2D eigenvalue weighted by Crippen LogP contribution is 2.26. The topological polar surface area (TPSA) is 38.3 Å². The number of hydrogen-bond acceptors (Lipinski definition) is 3. The maximum atomic E-state index is 12.4. The lowest BCUT2D eigenvalue weighted by Crippen LogP contribution is -2.36. The molecule has 22 heavy (non-hydrogen) atoms. The van der Waals surface area contributed by atoms with Crippen molar-refractivity contribution >= 4 is 5.78 Å². The standard InChI is InChI=1S/C19H21NO2/c21-19-16(14-22-18-11-5-4-10-17(18)19)13-20-12-6-9-15-7-2-1-3-8-15/h1-5,7-8,10-11,16,20H,6,9,12-14H2. The fourth-order valence-electron chi connectivity index (χ4n) is 2.77. The van der Waals surface area contributed by atoms with E-state index in [1.54, 1.807) is 0 Å². The number of carbonyl (C=O) groups excluding carboxylic acids is 1. The third-order valence-electron chi connectivity index (χ3n) is 4.02. The van der Waals surface area contributed by atoms with Gasteiger partial charge >= 0.3 is 0 Å². The van der Waals surface area contributed by atoms with Gasteiger partial charge in [0.15, 0.2) is 5.78 Å². The van der Waals surface area contributed by atoms with Crippen molar-refractivity contribution in [1.82, 2.24) is 5.32 Å². The molecule has 1 atom stereocenters.